The third-order valence-corrected chi connectivity index (χ3v) is 8.91. The van der Waals surface area contributed by atoms with Crippen LogP contribution < -0.4 is 0 Å². The van der Waals surface area contributed by atoms with Crippen molar-refractivity contribution in [3.8, 4) is 0 Å². The van der Waals surface area contributed by atoms with E-state index in [4.69, 9.17) is 18.9 Å². The first-order chi connectivity index (χ1) is 18.1. The Kier molecular flexibility index (Phi) is 7.30. The molecule has 10 heteroatoms. The number of ether oxygens (including phenoxy) is 4. The molecule has 0 aromatic carbocycles. The molecule has 0 radical (unpaired) electrons. The van der Waals surface area contributed by atoms with E-state index in [0.717, 1.165) is 5.57 Å². The Morgan fingerprint density at radius 1 is 1.29 bits per heavy atom. The van der Waals surface area contributed by atoms with Crippen molar-refractivity contribution < 1.29 is 43.9 Å². The summed E-state index contributed by atoms with van der Waals surface area (Å²) in [6.45, 7) is 5.53. The van der Waals surface area contributed by atoms with E-state index in [2.05, 4.69) is 4.98 Å². The molecule has 1 saturated carbocycles. The van der Waals surface area contributed by atoms with Crippen molar-refractivity contribution in [1.29, 1.82) is 0 Å². The lowest BCUT2D eigenvalue weighted by molar-refractivity contribution is -0.172. The summed E-state index contributed by atoms with van der Waals surface area (Å²) in [4.78, 5) is 28.6. The molecule has 10 nitrogen and oxygen atoms in total. The summed E-state index contributed by atoms with van der Waals surface area (Å²) in [6.07, 6.45) is 1.81. The monoisotopic (exact) mass is 531 g/mol. The Bertz CT molecular complexity index is 1100. The Labute approximate surface area is 221 Å². The standard InChI is InChI=1S/C28H37NO9/c1-13-10-14(2)28-16(11-19(30)27(34)36-23(13)20(31)12-35-4)7-8-17-21(28)22(32)15(3)24(25(17)38-28)37-26(33)18-6-5-9-29-18/h5-10,13,15-17,19-25,29-32H,11-12H2,1-4H3/b14-10+/t13-,15-,16-,17?,19-,20?,21?,22-,23?,24-,25-,28+/m1/s1. The number of aromatic nitrogens is 1. The molecule has 0 amide bonds. The number of aliphatic hydroxyl groups is 3. The van der Waals surface area contributed by atoms with Gasteiger partial charge in [0, 0.05) is 42.9 Å². The summed E-state index contributed by atoms with van der Waals surface area (Å²) in [5, 5.41) is 33.2. The number of hydrogen-bond acceptors (Lipinski definition) is 9. The number of nitrogens with one attached hydrogen (secondary N) is 1. The van der Waals surface area contributed by atoms with Crippen LogP contribution in [0.1, 0.15) is 37.7 Å². The van der Waals surface area contributed by atoms with E-state index in [0.29, 0.717) is 5.69 Å². The third kappa shape index (κ3) is 4.23. The number of methoxy groups -OCH3 is 1. The number of rotatable bonds is 5. The van der Waals surface area contributed by atoms with Crippen LogP contribution in [0.15, 0.2) is 42.1 Å². The van der Waals surface area contributed by atoms with Crippen molar-refractivity contribution in [2.75, 3.05) is 13.7 Å². The second-order valence-electron chi connectivity index (χ2n) is 11.2. The maximum absolute atomic E-state index is 12.9. The highest BCUT2D eigenvalue weighted by molar-refractivity contribution is 5.87. The van der Waals surface area contributed by atoms with Gasteiger partial charge in [-0.05, 0) is 31.1 Å². The number of aromatic amines is 1. The second-order valence-corrected chi connectivity index (χ2v) is 11.2. The molecule has 1 spiro atoms. The molecular weight excluding hydrogens is 494 g/mol. The highest BCUT2D eigenvalue weighted by Gasteiger charge is 2.69. The van der Waals surface area contributed by atoms with Gasteiger partial charge in [0.05, 0.1) is 12.7 Å². The zero-order valence-corrected chi connectivity index (χ0v) is 22.0. The van der Waals surface area contributed by atoms with Gasteiger partial charge in [-0.3, -0.25) is 0 Å². The second kappa shape index (κ2) is 10.2. The molecule has 1 saturated heterocycles. The number of aliphatic hydroxyl groups excluding tert-OH is 3. The van der Waals surface area contributed by atoms with Gasteiger partial charge in [-0.2, -0.15) is 0 Å². The first-order valence-corrected chi connectivity index (χ1v) is 13.2. The van der Waals surface area contributed by atoms with Crippen LogP contribution in [0.25, 0.3) is 0 Å². The zero-order chi connectivity index (χ0) is 27.4. The predicted octanol–water partition coefficient (Wildman–Crippen LogP) is 1.37. The average Bonchev–Trinajstić information content (AvgIpc) is 3.48. The van der Waals surface area contributed by atoms with Crippen molar-refractivity contribution in [2.24, 2.45) is 29.6 Å². The third-order valence-electron chi connectivity index (χ3n) is 8.91. The van der Waals surface area contributed by atoms with Crippen molar-refractivity contribution in [1.82, 2.24) is 4.98 Å². The van der Waals surface area contributed by atoms with Gasteiger partial charge in [0.1, 0.15) is 35.7 Å². The van der Waals surface area contributed by atoms with Gasteiger partial charge < -0.3 is 39.3 Å². The lowest BCUT2D eigenvalue weighted by atomic mass is 9.57. The number of esters is 2. The van der Waals surface area contributed by atoms with Gasteiger partial charge in [0.2, 0.25) is 0 Å². The first kappa shape index (κ1) is 27.1. The number of hydrogen-bond donors (Lipinski definition) is 4. The van der Waals surface area contributed by atoms with E-state index in [-0.39, 0.29) is 24.9 Å². The van der Waals surface area contributed by atoms with Gasteiger partial charge >= 0.3 is 11.9 Å². The fourth-order valence-electron chi connectivity index (χ4n) is 7.12. The number of carbonyl (C=O) groups excluding carboxylic acids is 2. The number of H-pyrrole nitrogens is 1. The van der Waals surface area contributed by atoms with Gasteiger partial charge in [-0.1, -0.05) is 32.1 Å². The van der Waals surface area contributed by atoms with Crippen LogP contribution in [-0.4, -0.2) is 88.2 Å². The molecule has 4 bridgehead atoms. The Morgan fingerprint density at radius 2 is 2.05 bits per heavy atom. The molecule has 4 unspecified atom stereocenters. The van der Waals surface area contributed by atoms with Crippen LogP contribution in [0.4, 0.5) is 0 Å². The topological polar surface area (TPSA) is 148 Å². The van der Waals surface area contributed by atoms with Crippen molar-refractivity contribution in [3.63, 3.8) is 0 Å². The van der Waals surface area contributed by atoms with Crippen molar-refractivity contribution in [3.05, 3.63) is 47.8 Å². The van der Waals surface area contributed by atoms with Gasteiger partial charge in [0.25, 0.3) is 0 Å². The minimum Gasteiger partial charge on any atom is -0.457 e. The summed E-state index contributed by atoms with van der Waals surface area (Å²) < 4.78 is 23.4. The molecule has 3 heterocycles. The largest absolute Gasteiger partial charge is 0.457 e. The fraction of sp³-hybridized carbons (Fsp3) is 0.643. The minimum atomic E-state index is -1.46. The average molecular weight is 532 g/mol. The van der Waals surface area contributed by atoms with Crippen LogP contribution in [0, 0.1) is 29.6 Å². The van der Waals surface area contributed by atoms with E-state index in [1.165, 1.54) is 7.11 Å². The summed E-state index contributed by atoms with van der Waals surface area (Å²) >= 11 is 0. The van der Waals surface area contributed by atoms with Crippen LogP contribution >= 0.6 is 0 Å². The molecule has 2 aliphatic carbocycles. The maximum Gasteiger partial charge on any atom is 0.355 e. The Morgan fingerprint density at radius 3 is 2.74 bits per heavy atom. The molecule has 1 aromatic heterocycles. The van der Waals surface area contributed by atoms with Crippen molar-refractivity contribution in [2.45, 2.75) is 69.4 Å². The van der Waals surface area contributed by atoms with E-state index in [1.54, 1.807) is 18.3 Å². The van der Waals surface area contributed by atoms with Crippen LogP contribution in [0.2, 0.25) is 0 Å². The van der Waals surface area contributed by atoms with Crippen LogP contribution in [-0.2, 0) is 23.7 Å². The predicted molar refractivity (Wildman–Crippen MR) is 134 cm³/mol. The molecule has 12 atom stereocenters. The lowest BCUT2D eigenvalue weighted by Gasteiger charge is -2.48. The van der Waals surface area contributed by atoms with Gasteiger partial charge in [-0.25, -0.2) is 9.59 Å². The maximum atomic E-state index is 12.9. The summed E-state index contributed by atoms with van der Waals surface area (Å²) in [6, 6.07) is 3.34. The summed E-state index contributed by atoms with van der Waals surface area (Å²) in [5.74, 6) is -3.29. The number of carbonyl (C=O) groups is 2. The van der Waals surface area contributed by atoms with Gasteiger partial charge in [0.15, 0.2) is 6.10 Å². The molecule has 2 fully saturated rings. The molecule has 1 aromatic rings. The fourth-order valence-corrected chi connectivity index (χ4v) is 7.12. The molecule has 4 N–H and O–H groups in total. The van der Waals surface area contributed by atoms with Gasteiger partial charge in [-0.15, -0.1) is 0 Å². The molecule has 2 aliphatic heterocycles. The summed E-state index contributed by atoms with van der Waals surface area (Å²) in [5.41, 5.74) is 0.0704. The molecule has 5 rings (SSSR count). The molecule has 38 heavy (non-hydrogen) atoms. The smallest absolute Gasteiger partial charge is 0.355 e. The van der Waals surface area contributed by atoms with Crippen LogP contribution in [0.3, 0.4) is 0 Å². The normalized spacial score (nSPS) is 44.4. The first-order valence-electron chi connectivity index (χ1n) is 13.2. The lowest BCUT2D eigenvalue weighted by Crippen LogP contribution is -2.57. The SMILES string of the molecule is COCC(O)C1OC(=O)[C@H](O)C[C@H]2C=CC3C4[C@H](O)[C@@H](C)[C@@H](OC(=O)c5ccc[nH]5)[C@@H]3O[C@]42/C(C)=C/[C@H]1C. The van der Waals surface area contributed by atoms with E-state index in [9.17, 15) is 24.9 Å². The zero-order valence-electron chi connectivity index (χ0n) is 22.0. The van der Waals surface area contributed by atoms with E-state index >= 15 is 0 Å². The highest BCUT2D eigenvalue weighted by Crippen LogP contribution is 2.61. The molecule has 208 valence electrons. The quantitative estimate of drug-likeness (QED) is 0.327. The van der Waals surface area contributed by atoms with E-state index < -0.39 is 71.9 Å². The Hall–Kier alpha value is -2.50. The molecular formula is C28H37NO9. The van der Waals surface area contributed by atoms with E-state index in [1.807, 2.05) is 39.0 Å². The van der Waals surface area contributed by atoms with Crippen molar-refractivity contribution >= 4 is 11.9 Å². The van der Waals surface area contributed by atoms with Crippen LogP contribution in [0.5, 0.6) is 0 Å². The summed E-state index contributed by atoms with van der Waals surface area (Å²) in [7, 11) is 1.44. The highest BCUT2D eigenvalue weighted by atomic mass is 16.6. The number of cyclic esters (lactones) is 1. The Balaban J connectivity index is 1.55. The molecule has 4 aliphatic rings. The minimum absolute atomic E-state index is 0.00591.